The summed E-state index contributed by atoms with van der Waals surface area (Å²) in [5, 5.41) is 5.37. The summed E-state index contributed by atoms with van der Waals surface area (Å²) in [6, 6.07) is 4.35. The van der Waals surface area contributed by atoms with E-state index in [4.69, 9.17) is 11.6 Å². The predicted octanol–water partition coefficient (Wildman–Crippen LogP) is 3.55. The molecule has 2 rings (SSSR count). The molecule has 0 spiro atoms. The third kappa shape index (κ3) is 2.91. The van der Waals surface area contributed by atoms with Crippen molar-refractivity contribution >= 4 is 28.6 Å². The average molecular weight is 243 g/mol. The molecule has 0 amide bonds. The molecule has 78 valence electrons. The van der Waals surface area contributed by atoms with E-state index in [-0.39, 0.29) is 5.82 Å². The van der Waals surface area contributed by atoms with Gasteiger partial charge in [-0.3, -0.25) is 0 Å². The zero-order valence-electron chi connectivity index (χ0n) is 7.71. The van der Waals surface area contributed by atoms with Gasteiger partial charge in [0.25, 0.3) is 0 Å². The van der Waals surface area contributed by atoms with Gasteiger partial charge in [0.1, 0.15) is 5.82 Å². The quantitative estimate of drug-likeness (QED) is 0.891. The van der Waals surface area contributed by atoms with Gasteiger partial charge >= 0.3 is 0 Å². The first kappa shape index (κ1) is 10.4. The Morgan fingerprint density at radius 2 is 2.27 bits per heavy atom. The van der Waals surface area contributed by atoms with Crippen LogP contribution in [-0.2, 0) is 6.54 Å². The molecule has 0 aliphatic carbocycles. The first-order valence-electron chi connectivity index (χ1n) is 4.31. The van der Waals surface area contributed by atoms with Gasteiger partial charge < -0.3 is 5.32 Å². The van der Waals surface area contributed by atoms with E-state index in [0.29, 0.717) is 17.3 Å². The summed E-state index contributed by atoms with van der Waals surface area (Å²) < 4.78 is 13.0. The fourth-order valence-corrected chi connectivity index (χ4v) is 1.95. The van der Waals surface area contributed by atoms with Crippen LogP contribution >= 0.6 is 22.9 Å². The summed E-state index contributed by atoms with van der Waals surface area (Å²) in [6.07, 6.45) is 0. The van der Waals surface area contributed by atoms with E-state index in [1.807, 2.05) is 5.38 Å². The second-order valence-corrected chi connectivity index (χ2v) is 4.15. The number of halogens is 2. The van der Waals surface area contributed by atoms with Crippen LogP contribution in [0.25, 0.3) is 0 Å². The highest BCUT2D eigenvalue weighted by Gasteiger charge is 1.99. The molecule has 0 aliphatic heterocycles. The number of aromatic nitrogens is 1. The van der Waals surface area contributed by atoms with Gasteiger partial charge in [0.15, 0.2) is 0 Å². The maximum absolute atomic E-state index is 13.0. The Kier molecular flexibility index (Phi) is 3.18. The van der Waals surface area contributed by atoms with Crippen LogP contribution in [0.4, 0.5) is 10.1 Å². The van der Waals surface area contributed by atoms with Gasteiger partial charge in [-0.25, -0.2) is 9.37 Å². The van der Waals surface area contributed by atoms with Crippen molar-refractivity contribution in [2.75, 3.05) is 5.32 Å². The van der Waals surface area contributed by atoms with Gasteiger partial charge in [-0.15, -0.1) is 11.3 Å². The Morgan fingerprint density at radius 1 is 1.40 bits per heavy atom. The summed E-state index contributed by atoms with van der Waals surface area (Å²) in [5.74, 6) is -0.344. The highest BCUT2D eigenvalue weighted by atomic mass is 35.5. The van der Waals surface area contributed by atoms with Crippen LogP contribution in [0.2, 0.25) is 5.02 Å². The Balaban J connectivity index is 2.05. The molecule has 0 aliphatic rings. The fraction of sp³-hybridized carbons (Fsp3) is 0.100. The lowest BCUT2D eigenvalue weighted by Crippen LogP contribution is -1.99. The van der Waals surface area contributed by atoms with Crippen molar-refractivity contribution in [1.82, 2.24) is 4.98 Å². The number of hydrogen-bond donors (Lipinski definition) is 1. The van der Waals surface area contributed by atoms with E-state index in [9.17, 15) is 4.39 Å². The average Bonchev–Trinajstić information content (AvgIpc) is 2.65. The van der Waals surface area contributed by atoms with Crippen LogP contribution in [-0.4, -0.2) is 4.98 Å². The van der Waals surface area contributed by atoms with E-state index < -0.39 is 0 Å². The minimum Gasteiger partial charge on any atom is -0.379 e. The van der Waals surface area contributed by atoms with Crippen molar-refractivity contribution < 1.29 is 4.39 Å². The number of thiazole rings is 1. The van der Waals surface area contributed by atoms with Crippen LogP contribution in [0.1, 0.15) is 5.69 Å². The van der Waals surface area contributed by atoms with Crippen LogP contribution in [0.5, 0.6) is 0 Å². The summed E-state index contributed by atoms with van der Waals surface area (Å²) in [6.45, 7) is 0.573. The lowest BCUT2D eigenvalue weighted by Gasteiger charge is -2.04. The van der Waals surface area contributed by atoms with E-state index in [1.54, 1.807) is 11.6 Å². The summed E-state index contributed by atoms with van der Waals surface area (Å²) in [4.78, 5) is 4.11. The first-order chi connectivity index (χ1) is 7.24. The molecule has 15 heavy (non-hydrogen) atoms. The van der Waals surface area contributed by atoms with Crippen LogP contribution < -0.4 is 5.32 Å². The number of rotatable bonds is 3. The number of benzene rings is 1. The molecular formula is C10H8ClFN2S. The Labute approximate surface area is 95.7 Å². The SMILES string of the molecule is Fc1cc(Cl)cc(NCc2cscn2)c1. The molecular weight excluding hydrogens is 235 g/mol. The smallest absolute Gasteiger partial charge is 0.126 e. The number of nitrogens with one attached hydrogen (secondary N) is 1. The molecule has 0 bridgehead atoms. The van der Waals surface area contributed by atoms with Crippen LogP contribution in [0.3, 0.4) is 0 Å². The van der Waals surface area contributed by atoms with Crippen molar-refractivity contribution in [2.24, 2.45) is 0 Å². The first-order valence-corrected chi connectivity index (χ1v) is 5.63. The minimum absolute atomic E-state index is 0.344. The topological polar surface area (TPSA) is 24.9 Å². The van der Waals surface area contributed by atoms with Crippen LogP contribution in [0.15, 0.2) is 29.1 Å². The van der Waals surface area contributed by atoms with Crippen molar-refractivity contribution in [1.29, 1.82) is 0 Å². The molecule has 1 N–H and O–H groups in total. The zero-order chi connectivity index (χ0) is 10.7. The third-order valence-electron chi connectivity index (χ3n) is 1.82. The second kappa shape index (κ2) is 4.59. The van der Waals surface area contributed by atoms with E-state index >= 15 is 0 Å². The molecule has 0 saturated heterocycles. The maximum Gasteiger partial charge on any atom is 0.126 e. The second-order valence-electron chi connectivity index (χ2n) is 2.99. The van der Waals surface area contributed by atoms with E-state index in [0.717, 1.165) is 5.69 Å². The highest BCUT2D eigenvalue weighted by Crippen LogP contribution is 2.18. The number of anilines is 1. The highest BCUT2D eigenvalue weighted by molar-refractivity contribution is 7.07. The molecule has 2 nitrogen and oxygen atoms in total. The number of nitrogens with zero attached hydrogens (tertiary/aromatic N) is 1. The molecule has 0 fully saturated rings. The third-order valence-corrected chi connectivity index (χ3v) is 2.67. The molecule has 5 heteroatoms. The maximum atomic E-state index is 13.0. The molecule has 0 radical (unpaired) electrons. The lowest BCUT2D eigenvalue weighted by atomic mass is 10.3. The molecule has 0 saturated carbocycles. The zero-order valence-corrected chi connectivity index (χ0v) is 9.28. The largest absolute Gasteiger partial charge is 0.379 e. The molecule has 0 unspecified atom stereocenters. The lowest BCUT2D eigenvalue weighted by molar-refractivity contribution is 0.628. The van der Waals surface area contributed by atoms with Crippen molar-refractivity contribution in [3.8, 4) is 0 Å². The van der Waals surface area contributed by atoms with Gasteiger partial charge in [0.05, 0.1) is 17.7 Å². The monoisotopic (exact) mass is 242 g/mol. The van der Waals surface area contributed by atoms with Gasteiger partial charge in [-0.05, 0) is 18.2 Å². The molecule has 2 aromatic rings. The van der Waals surface area contributed by atoms with Crippen molar-refractivity contribution in [3.05, 3.63) is 45.6 Å². The summed E-state index contributed by atoms with van der Waals surface area (Å²) >= 11 is 7.25. The van der Waals surface area contributed by atoms with Crippen molar-refractivity contribution in [3.63, 3.8) is 0 Å². The minimum atomic E-state index is -0.344. The van der Waals surface area contributed by atoms with Gasteiger partial charge in [0, 0.05) is 16.1 Å². The predicted molar refractivity (Wildman–Crippen MR) is 60.9 cm³/mol. The van der Waals surface area contributed by atoms with Gasteiger partial charge in [-0.1, -0.05) is 11.6 Å². The standard InChI is InChI=1S/C10H8ClFN2S/c11-7-1-8(12)3-9(2-7)13-4-10-5-15-6-14-10/h1-3,5-6,13H,4H2. The van der Waals surface area contributed by atoms with E-state index in [1.165, 1.54) is 23.5 Å². The number of hydrogen-bond acceptors (Lipinski definition) is 3. The fourth-order valence-electron chi connectivity index (χ4n) is 1.17. The van der Waals surface area contributed by atoms with Gasteiger partial charge in [0.2, 0.25) is 0 Å². The Hall–Kier alpha value is -1.13. The molecule has 1 aromatic carbocycles. The molecule has 0 atom stereocenters. The normalized spacial score (nSPS) is 10.3. The molecule has 1 heterocycles. The summed E-state index contributed by atoms with van der Waals surface area (Å²) in [5.41, 5.74) is 3.35. The van der Waals surface area contributed by atoms with Crippen LogP contribution in [0, 0.1) is 5.82 Å². The Morgan fingerprint density at radius 3 is 2.93 bits per heavy atom. The summed E-state index contributed by atoms with van der Waals surface area (Å²) in [7, 11) is 0. The van der Waals surface area contributed by atoms with E-state index in [2.05, 4.69) is 10.3 Å². The van der Waals surface area contributed by atoms with Gasteiger partial charge in [-0.2, -0.15) is 0 Å². The van der Waals surface area contributed by atoms with Crippen molar-refractivity contribution in [2.45, 2.75) is 6.54 Å². The molecule has 1 aromatic heterocycles. The Bertz CT molecular complexity index is 424.